The highest BCUT2D eigenvalue weighted by Gasteiger charge is 2.27. The predicted octanol–water partition coefficient (Wildman–Crippen LogP) is 3.23. The standard InChI is InChI=1S/C19H23N3O3S/c23-22(24)18-4-2-1-3-17(18)19-6-5-16(26-19)13-20-8-10-21(11-9-20)15-7-12-25-14-15/h1-6,15H,7-14H2/t15-/m1/s1. The number of ether oxygens (including phenoxy) is 1. The molecule has 26 heavy (non-hydrogen) atoms. The van der Waals surface area contributed by atoms with Crippen LogP contribution in [0.5, 0.6) is 0 Å². The van der Waals surface area contributed by atoms with Crippen LogP contribution in [-0.2, 0) is 11.3 Å². The van der Waals surface area contributed by atoms with E-state index in [1.165, 1.54) is 4.88 Å². The van der Waals surface area contributed by atoms with Crippen LogP contribution in [0.4, 0.5) is 5.69 Å². The molecule has 2 aromatic rings. The van der Waals surface area contributed by atoms with E-state index in [9.17, 15) is 10.1 Å². The largest absolute Gasteiger partial charge is 0.380 e. The average Bonchev–Trinajstić information content (AvgIpc) is 3.34. The maximum absolute atomic E-state index is 11.2. The number of nitrogens with zero attached hydrogens (tertiary/aromatic N) is 3. The van der Waals surface area contributed by atoms with Crippen LogP contribution in [0.15, 0.2) is 36.4 Å². The SMILES string of the molecule is O=[N+]([O-])c1ccccc1-c1ccc(CN2CCN([C@@H]3CCOC3)CC2)s1. The van der Waals surface area contributed by atoms with Crippen LogP contribution in [0.2, 0.25) is 0 Å². The summed E-state index contributed by atoms with van der Waals surface area (Å²) in [4.78, 5) is 18.2. The summed E-state index contributed by atoms with van der Waals surface area (Å²) in [5.74, 6) is 0. The van der Waals surface area contributed by atoms with Crippen LogP contribution < -0.4 is 0 Å². The lowest BCUT2D eigenvalue weighted by Gasteiger charge is -2.37. The van der Waals surface area contributed by atoms with E-state index in [0.29, 0.717) is 11.6 Å². The van der Waals surface area contributed by atoms with Crippen molar-refractivity contribution in [3.8, 4) is 10.4 Å². The van der Waals surface area contributed by atoms with E-state index in [1.807, 2.05) is 18.2 Å². The first-order valence-electron chi connectivity index (χ1n) is 9.07. The Labute approximate surface area is 157 Å². The molecule has 0 N–H and O–H groups in total. The van der Waals surface area contributed by atoms with Crippen molar-refractivity contribution in [3.63, 3.8) is 0 Å². The van der Waals surface area contributed by atoms with Crippen molar-refractivity contribution in [2.24, 2.45) is 0 Å². The van der Waals surface area contributed by atoms with Gasteiger partial charge in [0.2, 0.25) is 0 Å². The van der Waals surface area contributed by atoms with Gasteiger partial charge < -0.3 is 4.74 Å². The molecule has 1 aromatic heterocycles. The third kappa shape index (κ3) is 3.81. The van der Waals surface area contributed by atoms with E-state index in [2.05, 4.69) is 15.9 Å². The molecule has 2 aliphatic heterocycles. The number of para-hydroxylation sites is 1. The van der Waals surface area contributed by atoms with Gasteiger partial charge in [0.05, 0.1) is 17.1 Å². The molecule has 0 amide bonds. The Kier molecular flexibility index (Phi) is 5.31. The summed E-state index contributed by atoms with van der Waals surface area (Å²) in [7, 11) is 0. The van der Waals surface area contributed by atoms with Crippen molar-refractivity contribution < 1.29 is 9.66 Å². The van der Waals surface area contributed by atoms with Gasteiger partial charge >= 0.3 is 0 Å². The van der Waals surface area contributed by atoms with Gasteiger partial charge in [0.15, 0.2) is 0 Å². The van der Waals surface area contributed by atoms with Gasteiger partial charge in [-0.15, -0.1) is 11.3 Å². The minimum Gasteiger partial charge on any atom is -0.380 e. The van der Waals surface area contributed by atoms with Crippen LogP contribution in [0, 0.1) is 10.1 Å². The molecule has 7 heteroatoms. The van der Waals surface area contributed by atoms with Gasteiger partial charge in [-0.3, -0.25) is 19.9 Å². The second-order valence-corrected chi connectivity index (χ2v) is 8.04. The van der Waals surface area contributed by atoms with Crippen molar-refractivity contribution in [2.75, 3.05) is 39.4 Å². The quantitative estimate of drug-likeness (QED) is 0.595. The van der Waals surface area contributed by atoms with Crippen molar-refractivity contribution >= 4 is 17.0 Å². The highest BCUT2D eigenvalue weighted by molar-refractivity contribution is 7.15. The molecule has 2 fully saturated rings. The number of benzene rings is 1. The molecule has 0 unspecified atom stereocenters. The number of nitro benzene ring substituents is 1. The Balaban J connectivity index is 1.38. The fraction of sp³-hybridized carbons (Fsp3) is 0.474. The van der Waals surface area contributed by atoms with Gasteiger partial charge in [0.25, 0.3) is 5.69 Å². The summed E-state index contributed by atoms with van der Waals surface area (Å²) in [6.45, 7) is 7.01. The first kappa shape index (κ1) is 17.6. The van der Waals surface area contributed by atoms with Gasteiger partial charge in [-0.1, -0.05) is 12.1 Å². The van der Waals surface area contributed by atoms with Gasteiger partial charge in [-0.05, 0) is 24.6 Å². The van der Waals surface area contributed by atoms with Crippen molar-refractivity contribution in [1.82, 2.24) is 9.80 Å². The van der Waals surface area contributed by atoms with Gasteiger partial charge in [-0.2, -0.15) is 0 Å². The topological polar surface area (TPSA) is 58.9 Å². The van der Waals surface area contributed by atoms with E-state index in [0.717, 1.165) is 57.2 Å². The number of thiophene rings is 1. The minimum absolute atomic E-state index is 0.174. The van der Waals surface area contributed by atoms with E-state index in [4.69, 9.17) is 4.74 Å². The Hall–Kier alpha value is -1.80. The van der Waals surface area contributed by atoms with E-state index in [-0.39, 0.29) is 10.6 Å². The number of hydrogen-bond donors (Lipinski definition) is 0. The first-order valence-corrected chi connectivity index (χ1v) is 9.89. The molecule has 138 valence electrons. The first-order chi connectivity index (χ1) is 12.7. The van der Waals surface area contributed by atoms with Crippen LogP contribution in [-0.4, -0.2) is 60.2 Å². The molecule has 4 rings (SSSR count). The lowest BCUT2D eigenvalue weighted by atomic mass is 10.1. The molecule has 0 saturated carbocycles. The fourth-order valence-corrected chi connectivity index (χ4v) is 4.85. The zero-order chi connectivity index (χ0) is 17.9. The van der Waals surface area contributed by atoms with Crippen LogP contribution >= 0.6 is 11.3 Å². The zero-order valence-corrected chi connectivity index (χ0v) is 15.5. The van der Waals surface area contributed by atoms with Gasteiger partial charge in [-0.25, -0.2) is 0 Å². The second-order valence-electron chi connectivity index (χ2n) is 6.87. The summed E-state index contributed by atoms with van der Waals surface area (Å²) < 4.78 is 5.50. The second kappa shape index (κ2) is 7.84. The summed E-state index contributed by atoms with van der Waals surface area (Å²) >= 11 is 1.66. The Morgan fingerprint density at radius 3 is 2.69 bits per heavy atom. The smallest absolute Gasteiger partial charge is 0.278 e. The Morgan fingerprint density at radius 1 is 1.15 bits per heavy atom. The summed E-state index contributed by atoms with van der Waals surface area (Å²) in [5.41, 5.74) is 0.882. The lowest BCUT2D eigenvalue weighted by molar-refractivity contribution is -0.384. The van der Waals surface area contributed by atoms with Crippen LogP contribution in [0.25, 0.3) is 10.4 Å². The molecule has 2 saturated heterocycles. The Bertz CT molecular complexity index is 765. The van der Waals surface area contributed by atoms with E-state index >= 15 is 0 Å². The van der Waals surface area contributed by atoms with Gasteiger partial charge in [0.1, 0.15) is 0 Å². The number of piperazine rings is 1. The van der Waals surface area contributed by atoms with Crippen molar-refractivity contribution in [2.45, 2.75) is 19.0 Å². The van der Waals surface area contributed by atoms with E-state index < -0.39 is 0 Å². The fourth-order valence-electron chi connectivity index (χ4n) is 3.77. The van der Waals surface area contributed by atoms with Gasteiger partial charge in [0, 0.05) is 61.2 Å². The number of hydrogen-bond acceptors (Lipinski definition) is 6. The maximum Gasteiger partial charge on any atom is 0.278 e. The van der Waals surface area contributed by atoms with Crippen LogP contribution in [0.3, 0.4) is 0 Å². The third-order valence-electron chi connectivity index (χ3n) is 5.24. The Morgan fingerprint density at radius 2 is 1.96 bits per heavy atom. The lowest BCUT2D eigenvalue weighted by Crippen LogP contribution is -2.50. The summed E-state index contributed by atoms with van der Waals surface area (Å²) in [5, 5.41) is 11.2. The van der Waals surface area contributed by atoms with Crippen molar-refractivity contribution in [3.05, 3.63) is 51.4 Å². The molecule has 2 aliphatic rings. The van der Waals surface area contributed by atoms with E-state index in [1.54, 1.807) is 23.5 Å². The molecule has 6 nitrogen and oxygen atoms in total. The average molecular weight is 373 g/mol. The highest BCUT2D eigenvalue weighted by Crippen LogP contribution is 2.35. The predicted molar refractivity (Wildman–Crippen MR) is 102 cm³/mol. The number of rotatable bonds is 5. The molecule has 1 aromatic carbocycles. The molecule has 0 aliphatic carbocycles. The zero-order valence-electron chi connectivity index (χ0n) is 14.7. The molecule has 0 radical (unpaired) electrons. The maximum atomic E-state index is 11.2. The number of nitro groups is 1. The molecular formula is C19H23N3O3S. The van der Waals surface area contributed by atoms with Crippen molar-refractivity contribution in [1.29, 1.82) is 0 Å². The molecule has 0 spiro atoms. The normalized spacial score (nSPS) is 21.9. The molecular weight excluding hydrogens is 350 g/mol. The third-order valence-corrected chi connectivity index (χ3v) is 6.34. The highest BCUT2D eigenvalue weighted by atomic mass is 32.1. The molecule has 0 bridgehead atoms. The summed E-state index contributed by atoms with van der Waals surface area (Å²) in [6.07, 6.45) is 1.16. The van der Waals surface area contributed by atoms with Crippen LogP contribution in [0.1, 0.15) is 11.3 Å². The summed E-state index contributed by atoms with van der Waals surface area (Å²) in [6, 6.07) is 11.7. The molecule has 3 heterocycles. The monoisotopic (exact) mass is 373 g/mol. The molecule has 1 atom stereocenters. The minimum atomic E-state index is -0.305.